The number of nitrogens with zero attached hydrogens (tertiary/aromatic N) is 2. The Morgan fingerprint density at radius 1 is 0.967 bits per heavy atom. The molecule has 2 nitrogen and oxygen atoms in total. The van der Waals surface area contributed by atoms with Gasteiger partial charge >= 0.3 is 0 Å². The molecule has 30 heavy (non-hydrogen) atoms. The van der Waals surface area contributed by atoms with Crippen molar-refractivity contribution < 1.29 is 0 Å². The number of benzene rings is 3. The fraction of sp³-hybridized carbons (Fsp3) is 0.160. The maximum atomic E-state index is 6.56. The lowest BCUT2D eigenvalue weighted by Gasteiger charge is -2.18. The number of rotatable bonds is 5. The molecule has 0 aliphatic carbocycles. The van der Waals surface area contributed by atoms with Crippen molar-refractivity contribution in [1.29, 1.82) is 0 Å². The first-order valence-electron chi connectivity index (χ1n) is 9.80. The highest BCUT2D eigenvalue weighted by molar-refractivity contribution is 7.98. The zero-order valence-electron chi connectivity index (χ0n) is 16.7. The molecule has 0 radical (unpaired) electrons. The van der Waals surface area contributed by atoms with Gasteiger partial charge in [0.15, 0.2) is 0 Å². The van der Waals surface area contributed by atoms with Crippen LogP contribution in [0.25, 0.3) is 6.08 Å². The zero-order chi connectivity index (χ0) is 20.9. The summed E-state index contributed by atoms with van der Waals surface area (Å²) in [6.07, 6.45) is 4.23. The zero-order valence-corrected chi connectivity index (χ0v) is 19.0. The van der Waals surface area contributed by atoms with Crippen molar-refractivity contribution >= 4 is 52.4 Å². The van der Waals surface area contributed by atoms with E-state index in [2.05, 4.69) is 66.6 Å². The van der Waals surface area contributed by atoms with E-state index in [4.69, 9.17) is 28.2 Å². The molecule has 1 aliphatic heterocycles. The Morgan fingerprint density at radius 3 is 2.60 bits per heavy atom. The van der Waals surface area contributed by atoms with Crippen molar-refractivity contribution in [3.8, 4) is 0 Å². The smallest absolute Gasteiger partial charge is 0.0668 e. The summed E-state index contributed by atoms with van der Waals surface area (Å²) >= 11 is 14.3. The van der Waals surface area contributed by atoms with Crippen LogP contribution in [0.15, 0.2) is 82.7 Å². The minimum atomic E-state index is 0.750. The first-order chi connectivity index (χ1) is 14.6. The third-order valence-corrected chi connectivity index (χ3v) is 6.92. The number of allylic oxidation sites excluding steroid dienone is 1. The van der Waals surface area contributed by atoms with Crippen molar-refractivity contribution in [3.05, 3.63) is 99.5 Å². The molecule has 152 valence electrons. The minimum absolute atomic E-state index is 0.750. The molecular weight excluding hydrogens is 431 g/mol. The van der Waals surface area contributed by atoms with E-state index in [-0.39, 0.29) is 0 Å². The van der Waals surface area contributed by atoms with Gasteiger partial charge in [-0.3, -0.25) is 4.99 Å². The molecule has 1 aliphatic rings. The van der Waals surface area contributed by atoms with E-state index in [0.717, 1.165) is 50.6 Å². The Morgan fingerprint density at radius 2 is 1.77 bits per heavy atom. The summed E-state index contributed by atoms with van der Waals surface area (Å²) < 4.78 is 0. The number of anilines is 1. The van der Waals surface area contributed by atoms with Gasteiger partial charge in [0.1, 0.15) is 0 Å². The average Bonchev–Trinajstić information content (AvgIpc) is 2.92. The van der Waals surface area contributed by atoms with Crippen LogP contribution in [-0.4, -0.2) is 25.8 Å². The lowest BCUT2D eigenvalue weighted by atomic mass is 10.1. The molecule has 0 unspecified atom stereocenters. The maximum Gasteiger partial charge on any atom is 0.0668 e. The lowest BCUT2D eigenvalue weighted by Crippen LogP contribution is -2.20. The van der Waals surface area contributed by atoms with E-state index < -0.39 is 0 Å². The Kier molecular flexibility index (Phi) is 6.83. The number of aliphatic imine (C=N–C) groups is 1. The summed E-state index contributed by atoms with van der Waals surface area (Å²) in [4.78, 5) is 8.15. The molecule has 3 aromatic rings. The SMILES string of the molecule is CN1CCN=C(/C=C\c2cccc(Cl)c2SCc2ccc(Cl)cc2)c2ccccc21. The summed E-state index contributed by atoms with van der Waals surface area (Å²) in [5, 5.41) is 1.51. The van der Waals surface area contributed by atoms with E-state index >= 15 is 0 Å². The Labute approximate surface area is 192 Å². The topological polar surface area (TPSA) is 15.6 Å². The summed E-state index contributed by atoms with van der Waals surface area (Å²) in [6.45, 7) is 1.69. The Balaban J connectivity index is 1.60. The third kappa shape index (κ3) is 4.92. The van der Waals surface area contributed by atoms with Gasteiger partial charge < -0.3 is 4.90 Å². The van der Waals surface area contributed by atoms with Crippen molar-refractivity contribution in [2.75, 3.05) is 25.0 Å². The molecule has 4 rings (SSSR count). The standard InChI is InChI=1S/C25H22Cl2N2S/c1-29-16-15-28-23(21-6-2-3-8-24(21)29)14-11-19-5-4-7-22(27)25(19)30-17-18-9-12-20(26)13-10-18/h2-14H,15-17H2,1H3/b14-11-. The molecule has 0 saturated heterocycles. The highest BCUT2D eigenvalue weighted by Gasteiger charge is 2.14. The van der Waals surface area contributed by atoms with Gasteiger partial charge in [0, 0.05) is 40.5 Å². The minimum Gasteiger partial charge on any atom is -0.372 e. The molecule has 0 N–H and O–H groups in total. The number of para-hydroxylation sites is 1. The van der Waals surface area contributed by atoms with E-state index in [1.165, 1.54) is 11.3 Å². The Bertz CT molecular complexity index is 1090. The molecule has 1 heterocycles. The van der Waals surface area contributed by atoms with E-state index in [1.807, 2.05) is 24.3 Å². The largest absolute Gasteiger partial charge is 0.372 e. The highest BCUT2D eigenvalue weighted by atomic mass is 35.5. The molecule has 0 bridgehead atoms. The van der Waals surface area contributed by atoms with Crippen LogP contribution in [0, 0.1) is 0 Å². The monoisotopic (exact) mass is 452 g/mol. The van der Waals surface area contributed by atoms with Crippen LogP contribution in [-0.2, 0) is 5.75 Å². The van der Waals surface area contributed by atoms with Crippen LogP contribution < -0.4 is 4.90 Å². The molecule has 3 aromatic carbocycles. The molecule has 0 spiro atoms. The normalized spacial score (nSPS) is 13.8. The summed E-state index contributed by atoms with van der Waals surface area (Å²) in [5.41, 5.74) is 5.68. The average molecular weight is 453 g/mol. The third-order valence-electron chi connectivity index (χ3n) is 5.02. The van der Waals surface area contributed by atoms with Gasteiger partial charge in [-0.25, -0.2) is 0 Å². The Hall–Kier alpha value is -2.20. The van der Waals surface area contributed by atoms with Crippen molar-refractivity contribution in [1.82, 2.24) is 0 Å². The number of thioether (sulfide) groups is 1. The van der Waals surface area contributed by atoms with Gasteiger partial charge in [-0.1, -0.05) is 71.7 Å². The molecule has 0 aromatic heterocycles. The predicted molar refractivity (Wildman–Crippen MR) is 133 cm³/mol. The second-order valence-corrected chi connectivity index (χ2v) is 8.94. The molecular formula is C25H22Cl2N2S. The van der Waals surface area contributed by atoms with E-state index in [9.17, 15) is 0 Å². The fourth-order valence-electron chi connectivity index (χ4n) is 3.41. The van der Waals surface area contributed by atoms with Crippen molar-refractivity contribution in [2.45, 2.75) is 10.6 Å². The highest BCUT2D eigenvalue weighted by Crippen LogP contribution is 2.34. The van der Waals surface area contributed by atoms with Crippen LogP contribution in [0.2, 0.25) is 10.0 Å². The van der Waals surface area contributed by atoms with E-state index in [1.54, 1.807) is 11.8 Å². The van der Waals surface area contributed by atoms with Crippen LogP contribution in [0.1, 0.15) is 16.7 Å². The number of benzodiazepines with no additional fused rings is 1. The van der Waals surface area contributed by atoms with Crippen LogP contribution in [0.3, 0.4) is 0 Å². The number of fused-ring (bicyclic) bond motifs is 1. The lowest BCUT2D eigenvalue weighted by molar-refractivity contribution is 0.897. The number of hydrogen-bond acceptors (Lipinski definition) is 3. The van der Waals surface area contributed by atoms with Gasteiger partial charge in [0.2, 0.25) is 0 Å². The molecule has 0 fully saturated rings. The summed E-state index contributed by atoms with van der Waals surface area (Å²) in [6, 6.07) is 22.4. The second kappa shape index (κ2) is 9.74. The first-order valence-corrected chi connectivity index (χ1v) is 11.5. The van der Waals surface area contributed by atoms with Gasteiger partial charge in [-0.2, -0.15) is 0 Å². The molecule has 5 heteroatoms. The number of likely N-dealkylation sites (N-methyl/N-ethyl adjacent to an activating group) is 1. The molecule has 0 amide bonds. The van der Waals surface area contributed by atoms with Gasteiger partial charge in [0.25, 0.3) is 0 Å². The molecule has 0 saturated carbocycles. The van der Waals surface area contributed by atoms with Crippen LogP contribution >= 0.6 is 35.0 Å². The summed E-state index contributed by atoms with van der Waals surface area (Å²) in [7, 11) is 2.11. The first kappa shape index (κ1) is 21.0. The van der Waals surface area contributed by atoms with Crippen molar-refractivity contribution in [2.24, 2.45) is 4.99 Å². The van der Waals surface area contributed by atoms with Gasteiger partial charge in [-0.15, -0.1) is 11.8 Å². The number of halogens is 2. The van der Waals surface area contributed by atoms with Crippen LogP contribution in [0.4, 0.5) is 5.69 Å². The quantitative estimate of drug-likeness (QED) is 0.379. The van der Waals surface area contributed by atoms with Gasteiger partial charge in [0.05, 0.1) is 17.3 Å². The van der Waals surface area contributed by atoms with Crippen molar-refractivity contribution in [3.63, 3.8) is 0 Å². The predicted octanol–water partition coefficient (Wildman–Crippen LogP) is 7.24. The summed E-state index contributed by atoms with van der Waals surface area (Å²) in [5.74, 6) is 0.830. The van der Waals surface area contributed by atoms with E-state index in [0.29, 0.717) is 0 Å². The fourth-order valence-corrected chi connectivity index (χ4v) is 4.89. The molecule has 0 atom stereocenters. The maximum absolute atomic E-state index is 6.56. The number of hydrogen-bond donors (Lipinski definition) is 0. The van der Waals surface area contributed by atoms with Gasteiger partial charge in [-0.05, 0) is 41.5 Å². The van der Waals surface area contributed by atoms with Crippen LogP contribution in [0.5, 0.6) is 0 Å². The second-order valence-electron chi connectivity index (χ2n) is 7.11.